The van der Waals surface area contributed by atoms with Gasteiger partial charge in [0.2, 0.25) is 0 Å². The Morgan fingerprint density at radius 2 is 1.79 bits per heavy atom. The summed E-state index contributed by atoms with van der Waals surface area (Å²) in [5, 5.41) is 19.9. The predicted octanol–water partition coefficient (Wildman–Crippen LogP) is -1.37. The number of fused-ring (bicyclic) bond motifs is 1. The molecule has 0 aliphatic carbocycles. The van der Waals surface area contributed by atoms with E-state index in [0.29, 0.717) is 6.54 Å². The highest BCUT2D eigenvalue weighted by atomic mass is 16.3. The Kier molecular flexibility index (Phi) is 5.58. The maximum Gasteiger partial charge on any atom is 0.332 e. The fraction of sp³-hybridized carbons (Fsp3) is 0.667. The first-order chi connectivity index (χ1) is 11.3. The van der Waals surface area contributed by atoms with Gasteiger partial charge in [-0.25, -0.2) is 9.78 Å². The van der Waals surface area contributed by atoms with Gasteiger partial charge in [0.15, 0.2) is 11.2 Å². The van der Waals surface area contributed by atoms with Crippen LogP contribution >= 0.6 is 0 Å². The summed E-state index contributed by atoms with van der Waals surface area (Å²) in [6.07, 6.45) is -0.727. The van der Waals surface area contributed by atoms with Crippen LogP contribution < -0.4 is 11.2 Å². The first-order valence-corrected chi connectivity index (χ1v) is 8.02. The number of likely N-dealkylation sites (N-methyl/N-ethyl adjacent to an activating group) is 1. The molecule has 0 aliphatic heterocycles. The second-order valence-corrected chi connectivity index (χ2v) is 5.81. The van der Waals surface area contributed by atoms with Crippen LogP contribution in [0.1, 0.15) is 19.7 Å². The van der Waals surface area contributed by atoms with Gasteiger partial charge in [0.1, 0.15) is 12.4 Å². The summed E-state index contributed by atoms with van der Waals surface area (Å²) in [4.78, 5) is 30.8. The normalized spacial score (nSPS) is 13.1. The minimum atomic E-state index is -0.727. The zero-order valence-electron chi connectivity index (χ0n) is 14.6. The molecule has 0 amide bonds. The molecular weight excluding hydrogens is 314 g/mol. The molecule has 24 heavy (non-hydrogen) atoms. The summed E-state index contributed by atoms with van der Waals surface area (Å²) in [6, 6.07) is 0. The van der Waals surface area contributed by atoms with Crippen LogP contribution in [-0.2, 0) is 27.2 Å². The minimum Gasteiger partial charge on any atom is -0.390 e. The van der Waals surface area contributed by atoms with Crippen LogP contribution in [0, 0.1) is 0 Å². The Labute approximate surface area is 139 Å². The highest BCUT2D eigenvalue weighted by Gasteiger charge is 2.21. The third-order valence-electron chi connectivity index (χ3n) is 4.33. The van der Waals surface area contributed by atoms with Crippen molar-refractivity contribution < 1.29 is 10.2 Å². The topological polar surface area (TPSA) is 106 Å². The van der Waals surface area contributed by atoms with Gasteiger partial charge in [-0.3, -0.25) is 13.9 Å². The van der Waals surface area contributed by atoms with Crippen LogP contribution in [0.5, 0.6) is 0 Å². The molecule has 2 rings (SSSR count). The van der Waals surface area contributed by atoms with E-state index in [4.69, 9.17) is 0 Å². The minimum absolute atomic E-state index is 0.121. The van der Waals surface area contributed by atoms with Gasteiger partial charge < -0.3 is 19.7 Å². The number of aromatic nitrogens is 4. The van der Waals surface area contributed by atoms with E-state index in [1.807, 2.05) is 13.8 Å². The van der Waals surface area contributed by atoms with E-state index in [1.165, 1.54) is 23.2 Å². The molecule has 2 aromatic rings. The van der Waals surface area contributed by atoms with Gasteiger partial charge in [-0.05, 0) is 13.1 Å². The molecule has 134 valence electrons. The molecule has 1 atom stereocenters. The van der Waals surface area contributed by atoms with Crippen molar-refractivity contribution in [2.75, 3.05) is 19.6 Å². The first kappa shape index (κ1) is 18.4. The third-order valence-corrected chi connectivity index (χ3v) is 4.33. The highest BCUT2D eigenvalue weighted by molar-refractivity contribution is 5.71. The quantitative estimate of drug-likeness (QED) is 0.645. The van der Waals surface area contributed by atoms with Crippen LogP contribution in [-0.4, -0.2) is 59.5 Å². The van der Waals surface area contributed by atoms with Gasteiger partial charge in [0, 0.05) is 20.6 Å². The Morgan fingerprint density at radius 3 is 2.33 bits per heavy atom. The van der Waals surface area contributed by atoms with Gasteiger partial charge in [-0.15, -0.1) is 0 Å². The van der Waals surface area contributed by atoms with Crippen molar-refractivity contribution in [3.05, 3.63) is 26.7 Å². The molecule has 9 nitrogen and oxygen atoms in total. The smallest absolute Gasteiger partial charge is 0.332 e. The summed E-state index contributed by atoms with van der Waals surface area (Å²) in [5.74, 6) is 0.252. The van der Waals surface area contributed by atoms with Crippen LogP contribution in [0.4, 0.5) is 0 Å². The van der Waals surface area contributed by atoms with E-state index in [-0.39, 0.29) is 30.1 Å². The van der Waals surface area contributed by atoms with Gasteiger partial charge in [0.25, 0.3) is 5.56 Å². The molecule has 0 aliphatic rings. The number of rotatable bonds is 7. The Bertz CT molecular complexity index is 831. The summed E-state index contributed by atoms with van der Waals surface area (Å²) >= 11 is 0. The molecule has 0 spiro atoms. The second-order valence-electron chi connectivity index (χ2n) is 5.81. The van der Waals surface area contributed by atoms with E-state index in [0.717, 1.165) is 17.7 Å². The van der Waals surface area contributed by atoms with Crippen molar-refractivity contribution >= 4 is 11.2 Å². The zero-order valence-corrected chi connectivity index (χ0v) is 14.6. The van der Waals surface area contributed by atoms with Crippen molar-refractivity contribution in [3.8, 4) is 0 Å². The van der Waals surface area contributed by atoms with Gasteiger partial charge in [0.05, 0.1) is 12.6 Å². The van der Waals surface area contributed by atoms with E-state index < -0.39 is 17.4 Å². The molecule has 9 heteroatoms. The number of aliphatic hydroxyl groups is 2. The number of hydrogen-bond acceptors (Lipinski definition) is 6. The summed E-state index contributed by atoms with van der Waals surface area (Å²) in [7, 11) is 2.92. The zero-order chi connectivity index (χ0) is 18.0. The molecule has 0 bridgehead atoms. The summed E-state index contributed by atoms with van der Waals surface area (Å²) in [6.45, 7) is 5.81. The largest absolute Gasteiger partial charge is 0.390 e. The van der Waals surface area contributed by atoms with Crippen molar-refractivity contribution in [2.24, 2.45) is 14.1 Å². The van der Waals surface area contributed by atoms with Gasteiger partial charge in [-0.2, -0.15) is 0 Å². The number of aryl methyl sites for hydroxylation is 1. The van der Waals surface area contributed by atoms with E-state index in [2.05, 4.69) is 9.88 Å². The van der Waals surface area contributed by atoms with Crippen molar-refractivity contribution in [2.45, 2.75) is 33.1 Å². The number of imidazole rings is 1. The van der Waals surface area contributed by atoms with Gasteiger partial charge in [-0.1, -0.05) is 13.8 Å². The SMILES string of the molecule is CCN(CC)C[C@@H](O)Cn1c(CO)nc2c1c(=O)n(C)c(=O)n2C. The monoisotopic (exact) mass is 339 g/mol. The molecule has 0 radical (unpaired) electrons. The lowest BCUT2D eigenvalue weighted by molar-refractivity contribution is 0.102. The number of nitrogens with zero attached hydrogens (tertiary/aromatic N) is 5. The molecule has 0 saturated carbocycles. The molecule has 0 saturated heterocycles. The summed E-state index contributed by atoms with van der Waals surface area (Å²) in [5.41, 5.74) is -0.551. The Balaban J connectivity index is 2.53. The second kappa shape index (κ2) is 7.29. The standard InChI is InChI=1S/C15H25N5O4/c1-5-19(6-2)7-10(22)8-20-11(9-21)16-13-12(20)14(23)18(4)15(24)17(13)3/h10,21-22H,5-9H2,1-4H3/t10-/m1/s1. The van der Waals surface area contributed by atoms with Gasteiger partial charge >= 0.3 is 5.69 Å². The average molecular weight is 339 g/mol. The van der Waals surface area contributed by atoms with Crippen LogP contribution in [0.2, 0.25) is 0 Å². The lowest BCUT2D eigenvalue weighted by Gasteiger charge is -2.22. The van der Waals surface area contributed by atoms with Crippen LogP contribution in [0.15, 0.2) is 9.59 Å². The van der Waals surface area contributed by atoms with E-state index in [1.54, 1.807) is 0 Å². The number of hydrogen-bond donors (Lipinski definition) is 2. The van der Waals surface area contributed by atoms with Crippen LogP contribution in [0.3, 0.4) is 0 Å². The van der Waals surface area contributed by atoms with Crippen molar-refractivity contribution in [3.63, 3.8) is 0 Å². The van der Waals surface area contributed by atoms with Crippen molar-refractivity contribution in [1.29, 1.82) is 0 Å². The highest BCUT2D eigenvalue weighted by Crippen LogP contribution is 2.12. The molecule has 2 heterocycles. The maximum atomic E-state index is 12.5. The molecular formula is C15H25N5O4. The lowest BCUT2D eigenvalue weighted by atomic mass is 10.3. The molecule has 2 aromatic heterocycles. The fourth-order valence-corrected chi connectivity index (χ4v) is 2.86. The Hall–Kier alpha value is -1.97. The molecule has 0 unspecified atom stereocenters. The molecule has 2 N–H and O–H groups in total. The third kappa shape index (κ3) is 3.14. The maximum absolute atomic E-state index is 12.5. The summed E-state index contributed by atoms with van der Waals surface area (Å²) < 4.78 is 3.77. The average Bonchev–Trinajstić information content (AvgIpc) is 2.94. The lowest BCUT2D eigenvalue weighted by Crippen LogP contribution is -2.38. The molecule has 0 fully saturated rings. The fourth-order valence-electron chi connectivity index (χ4n) is 2.86. The Morgan fingerprint density at radius 1 is 1.17 bits per heavy atom. The van der Waals surface area contributed by atoms with E-state index >= 15 is 0 Å². The van der Waals surface area contributed by atoms with Crippen molar-refractivity contribution in [1.82, 2.24) is 23.6 Å². The van der Waals surface area contributed by atoms with Crippen LogP contribution in [0.25, 0.3) is 11.2 Å². The van der Waals surface area contributed by atoms with E-state index in [9.17, 15) is 19.8 Å². The predicted molar refractivity (Wildman–Crippen MR) is 89.9 cm³/mol. The molecule has 0 aromatic carbocycles. The number of aliphatic hydroxyl groups excluding tert-OH is 2. The first-order valence-electron chi connectivity index (χ1n) is 8.02.